The molecule has 5 nitrogen and oxygen atoms in total. The van der Waals surface area contributed by atoms with Gasteiger partial charge in [0.05, 0.1) is 0 Å². The standard InChI is InChI=1S/C22H34N2O3/c1-16(2)6-9-21(25)23-10-12-24(13-11-23)22(26)15-27-20-14-18(5)7-8-19(20)17(3)4/h7-8,14,16-17H,6,9-13,15H2,1-5H3. The Morgan fingerprint density at radius 1 is 1.00 bits per heavy atom. The Bertz CT molecular complexity index is 647. The van der Waals surface area contributed by atoms with Crippen molar-refractivity contribution in [1.29, 1.82) is 0 Å². The number of carbonyl (C=O) groups is 2. The summed E-state index contributed by atoms with van der Waals surface area (Å²) in [4.78, 5) is 28.4. The van der Waals surface area contributed by atoms with Gasteiger partial charge in [-0.25, -0.2) is 0 Å². The van der Waals surface area contributed by atoms with Crippen LogP contribution in [0.2, 0.25) is 0 Å². The predicted octanol–water partition coefficient (Wildman–Crippen LogP) is 3.60. The molecular formula is C22H34N2O3. The molecule has 0 aromatic heterocycles. The predicted molar refractivity (Wildman–Crippen MR) is 108 cm³/mol. The Morgan fingerprint density at radius 3 is 2.15 bits per heavy atom. The van der Waals surface area contributed by atoms with Crippen LogP contribution in [0.15, 0.2) is 18.2 Å². The van der Waals surface area contributed by atoms with Crippen LogP contribution in [0.5, 0.6) is 5.75 Å². The van der Waals surface area contributed by atoms with Gasteiger partial charge in [-0.1, -0.05) is 39.8 Å². The van der Waals surface area contributed by atoms with Crippen molar-refractivity contribution in [3.63, 3.8) is 0 Å². The zero-order valence-electron chi connectivity index (χ0n) is 17.5. The van der Waals surface area contributed by atoms with Crippen LogP contribution in [0.4, 0.5) is 0 Å². The van der Waals surface area contributed by atoms with Crippen LogP contribution < -0.4 is 4.74 Å². The Kier molecular flexibility index (Phi) is 7.69. The van der Waals surface area contributed by atoms with Gasteiger partial charge in [0.25, 0.3) is 5.91 Å². The fourth-order valence-electron chi connectivity index (χ4n) is 3.25. The average molecular weight is 375 g/mol. The van der Waals surface area contributed by atoms with Gasteiger partial charge in [0, 0.05) is 32.6 Å². The average Bonchev–Trinajstić information content (AvgIpc) is 2.64. The van der Waals surface area contributed by atoms with Crippen LogP contribution in [0.1, 0.15) is 57.6 Å². The lowest BCUT2D eigenvalue weighted by Crippen LogP contribution is -2.51. The van der Waals surface area contributed by atoms with E-state index in [4.69, 9.17) is 4.74 Å². The molecule has 1 heterocycles. The molecule has 2 amide bonds. The van der Waals surface area contributed by atoms with Gasteiger partial charge >= 0.3 is 0 Å². The zero-order valence-corrected chi connectivity index (χ0v) is 17.5. The summed E-state index contributed by atoms with van der Waals surface area (Å²) in [5.41, 5.74) is 2.24. The third-order valence-corrected chi connectivity index (χ3v) is 5.06. The van der Waals surface area contributed by atoms with Crippen LogP contribution in [-0.2, 0) is 9.59 Å². The zero-order chi connectivity index (χ0) is 20.0. The van der Waals surface area contributed by atoms with Crippen molar-refractivity contribution in [1.82, 2.24) is 9.80 Å². The minimum absolute atomic E-state index is 0.0134. The highest BCUT2D eigenvalue weighted by Gasteiger charge is 2.24. The molecule has 0 spiro atoms. The Labute approximate surface area is 163 Å². The number of ether oxygens (including phenoxy) is 1. The van der Waals surface area contributed by atoms with Gasteiger partial charge in [0.2, 0.25) is 5.91 Å². The van der Waals surface area contributed by atoms with E-state index < -0.39 is 0 Å². The molecule has 0 saturated carbocycles. The third kappa shape index (κ3) is 6.26. The van der Waals surface area contributed by atoms with Gasteiger partial charge in [-0.05, 0) is 42.4 Å². The van der Waals surface area contributed by atoms with E-state index in [0.717, 1.165) is 23.3 Å². The molecule has 1 saturated heterocycles. The number of aryl methyl sites for hydroxylation is 1. The SMILES string of the molecule is Cc1ccc(C(C)C)c(OCC(=O)N2CCN(C(=O)CCC(C)C)CC2)c1. The first-order chi connectivity index (χ1) is 12.8. The minimum atomic E-state index is -0.0134. The second-order valence-corrected chi connectivity index (χ2v) is 8.18. The third-order valence-electron chi connectivity index (χ3n) is 5.06. The molecule has 0 atom stereocenters. The molecule has 150 valence electrons. The number of piperazine rings is 1. The summed E-state index contributed by atoms with van der Waals surface area (Å²) in [5.74, 6) is 1.86. The number of carbonyl (C=O) groups excluding carboxylic acids is 2. The lowest BCUT2D eigenvalue weighted by molar-refractivity contribution is -0.140. The monoisotopic (exact) mass is 374 g/mol. The molecule has 1 aliphatic rings. The van der Waals surface area contributed by atoms with Gasteiger partial charge in [0.15, 0.2) is 6.61 Å². The van der Waals surface area contributed by atoms with E-state index in [1.165, 1.54) is 0 Å². The summed E-state index contributed by atoms with van der Waals surface area (Å²) >= 11 is 0. The molecular weight excluding hydrogens is 340 g/mol. The molecule has 1 aliphatic heterocycles. The first kappa shape index (κ1) is 21.3. The van der Waals surface area contributed by atoms with E-state index in [0.29, 0.717) is 44.4 Å². The largest absolute Gasteiger partial charge is 0.483 e. The van der Waals surface area contributed by atoms with Gasteiger partial charge in [0.1, 0.15) is 5.75 Å². The maximum atomic E-state index is 12.5. The summed E-state index contributed by atoms with van der Waals surface area (Å²) in [6, 6.07) is 6.13. The normalized spacial score (nSPS) is 14.8. The van der Waals surface area contributed by atoms with E-state index in [9.17, 15) is 9.59 Å². The molecule has 0 N–H and O–H groups in total. The highest BCUT2D eigenvalue weighted by atomic mass is 16.5. The Balaban J connectivity index is 1.83. The molecule has 0 aliphatic carbocycles. The van der Waals surface area contributed by atoms with Crippen molar-refractivity contribution in [3.8, 4) is 5.75 Å². The van der Waals surface area contributed by atoms with Gasteiger partial charge in [-0.15, -0.1) is 0 Å². The molecule has 0 unspecified atom stereocenters. The van der Waals surface area contributed by atoms with Crippen molar-refractivity contribution >= 4 is 11.8 Å². The number of hydrogen-bond acceptors (Lipinski definition) is 3. The molecule has 27 heavy (non-hydrogen) atoms. The van der Waals surface area contributed by atoms with E-state index in [-0.39, 0.29) is 18.4 Å². The second kappa shape index (κ2) is 9.77. The molecule has 1 fully saturated rings. The topological polar surface area (TPSA) is 49.9 Å². The first-order valence-corrected chi connectivity index (χ1v) is 10.1. The van der Waals surface area contributed by atoms with Crippen LogP contribution in [0.25, 0.3) is 0 Å². The second-order valence-electron chi connectivity index (χ2n) is 8.18. The van der Waals surface area contributed by atoms with Crippen LogP contribution in [0.3, 0.4) is 0 Å². The number of amides is 2. The fraction of sp³-hybridized carbons (Fsp3) is 0.636. The lowest BCUT2D eigenvalue weighted by atomic mass is 10.0. The molecule has 0 bridgehead atoms. The lowest BCUT2D eigenvalue weighted by Gasteiger charge is -2.35. The van der Waals surface area contributed by atoms with Crippen LogP contribution in [0, 0.1) is 12.8 Å². The molecule has 1 aromatic rings. The number of nitrogens with zero attached hydrogens (tertiary/aromatic N) is 2. The molecule has 2 rings (SSSR count). The smallest absolute Gasteiger partial charge is 0.260 e. The first-order valence-electron chi connectivity index (χ1n) is 10.1. The van der Waals surface area contributed by atoms with Crippen LogP contribution >= 0.6 is 0 Å². The minimum Gasteiger partial charge on any atom is -0.483 e. The summed E-state index contributed by atoms with van der Waals surface area (Å²) in [6.45, 7) is 13.0. The number of rotatable bonds is 7. The van der Waals surface area contributed by atoms with Crippen molar-refractivity contribution in [2.45, 2.75) is 53.4 Å². The quantitative estimate of drug-likeness (QED) is 0.733. The van der Waals surface area contributed by atoms with Crippen molar-refractivity contribution in [2.75, 3.05) is 32.8 Å². The highest BCUT2D eigenvalue weighted by molar-refractivity contribution is 5.79. The van der Waals surface area contributed by atoms with E-state index in [1.54, 1.807) is 4.90 Å². The maximum Gasteiger partial charge on any atom is 0.260 e. The van der Waals surface area contributed by atoms with Gasteiger partial charge in [-0.3, -0.25) is 9.59 Å². The fourth-order valence-corrected chi connectivity index (χ4v) is 3.25. The molecule has 1 aromatic carbocycles. The summed E-state index contributed by atoms with van der Waals surface area (Å²) in [5, 5.41) is 0. The Morgan fingerprint density at radius 2 is 1.59 bits per heavy atom. The number of benzene rings is 1. The van der Waals surface area contributed by atoms with Crippen molar-refractivity contribution in [3.05, 3.63) is 29.3 Å². The maximum absolute atomic E-state index is 12.5. The van der Waals surface area contributed by atoms with E-state index >= 15 is 0 Å². The highest BCUT2D eigenvalue weighted by Crippen LogP contribution is 2.27. The van der Waals surface area contributed by atoms with Gasteiger partial charge < -0.3 is 14.5 Å². The Hall–Kier alpha value is -2.04. The summed E-state index contributed by atoms with van der Waals surface area (Å²) in [7, 11) is 0. The van der Waals surface area contributed by atoms with E-state index in [1.807, 2.05) is 17.9 Å². The van der Waals surface area contributed by atoms with Crippen LogP contribution in [-0.4, -0.2) is 54.4 Å². The molecule has 5 heteroatoms. The summed E-state index contributed by atoms with van der Waals surface area (Å²) in [6.07, 6.45) is 1.51. The number of hydrogen-bond donors (Lipinski definition) is 0. The molecule has 0 radical (unpaired) electrons. The summed E-state index contributed by atoms with van der Waals surface area (Å²) < 4.78 is 5.86. The van der Waals surface area contributed by atoms with Crippen molar-refractivity contribution < 1.29 is 14.3 Å². The van der Waals surface area contributed by atoms with E-state index in [2.05, 4.69) is 39.8 Å². The van der Waals surface area contributed by atoms with Gasteiger partial charge in [-0.2, -0.15) is 0 Å². The van der Waals surface area contributed by atoms with Crippen molar-refractivity contribution in [2.24, 2.45) is 5.92 Å².